The summed E-state index contributed by atoms with van der Waals surface area (Å²) >= 11 is 4.06. The Labute approximate surface area is 81.9 Å². The molecular weight excluding hydrogens is 188 g/mol. The summed E-state index contributed by atoms with van der Waals surface area (Å²) in [4.78, 5) is 0. The standard InChI is InChI=1S/C8H14N2S2/c1-3-10-8(11-5-1)7-2-4-9-6-12-7/h1,3,7-10H,2,4-6H2. The number of nitrogens with one attached hydrogen (secondary N) is 2. The van der Waals surface area contributed by atoms with Crippen molar-refractivity contribution in [1.29, 1.82) is 0 Å². The van der Waals surface area contributed by atoms with Gasteiger partial charge in [0.05, 0.1) is 5.37 Å². The van der Waals surface area contributed by atoms with Gasteiger partial charge in [0.15, 0.2) is 0 Å². The van der Waals surface area contributed by atoms with Gasteiger partial charge in [-0.05, 0) is 19.2 Å². The van der Waals surface area contributed by atoms with Gasteiger partial charge >= 0.3 is 0 Å². The maximum atomic E-state index is 3.42. The minimum absolute atomic E-state index is 0.641. The molecule has 0 aliphatic carbocycles. The van der Waals surface area contributed by atoms with Crippen LogP contribution in [-0.4, -0.2) is 28.8 Å². The zero-order chi connectivity index (χ0) is 8.23. The third-order valence-corrected chi connectivity index (χ3v) is 4.78. The highest BCUT2D eigenvalue weighted by atomic mass is 32.2. The van der Waals surface area contributed by atoms with Gasteiger partial charge in [-0.1, -0.05) is 6.08 Å². The molecule has 1 saturated heterocycles. The van der Waals surface area contributed by atoms with Crippen LogP contribution in [0.3, 0.4) is 0 Å². The summed E-state index contributed by atoms with van der Waals surface area (Å²) in [5.74, 6) is 2.29. The van der Waals surface area contributed by atoms with Crippen LogP contribution in [-0.2, 0) is 0 Å². The summed E-state index contributed by atoms with van der Waals surface area (Å²) in [6.07, 6.45) is 5.58. The van der Waals surface area contributed by atoms with Crippen LogP contribution in [0.2, 0.25) is 0 Å². The minimum atomic E-state index is 0.641. The summed E-state index contributed by atoms with van der Waals surface area (Å²) < 4.78 is 0. The van der Waals surface area contributed by atoms with E-state index in [1.807, 2.05) is 23.5 Å². The molecule has 0 aromatic carbocycles. The first-order chi connectivity index (χ1) is 5.97. The lowest BCUT2D eigenvalue weighted by atomic mass is 10.3. The first-order valence-corrected chi connectivity index (χ1v) is 6.41. The Morgan fingerprint density at radius 3 is 3.00 bits per heavy atom. The Kier molecular flexibility index (Phi) is 3.25. The van der Waals surface area contributed by atoms with Crippen LogP contribution >= 0.6 is 23.5 Å². The molecule has 12 heavy (non-hydrogen) atoms. The van der Waals surface area contributed by atoms with Gasteiger partial charge in [-0.3, -0.25) is 0 Å². The fraction of sp³-hybridized carbons (Fsp3) is 0.750. The largest absolute Gasteiger partial charge is 0.378 e. The molecule has 2 N–H and O–H groups in total. The predicted octanol–water partition coefficient (Wildman–Crippen LogP) is 1.22. The van der Waals surface area contributed by atoms with E-state index in [0.717, 1.165) is 11.1 Å². The lowest BCUT2D eigenvalue weighted by molar-refractivity contribution is 0.613. The van der Waals surface area contributed by atoms with Crippen LogP contribution < -0.4 is 10.6 Å². The Hall–Kier alpha value is 0.200. The van der Waals surface area contributed by atoms with Crippen LogP contribution in [0.25, 0.3) is 0 Å². The van der Waals surface area contributed by atoms with Crippen LogP contribution in [0.5, 0.6) is 0 Å². The Morgan fingerprint density at radius 2 is 2.33 bits per heavy atom. The van der Waals surface area contributed by atoms with Crippen molar-refractivity contribution in [2.75, 3.05) is 18.2 Å². The van der Waals surface area contributed by atoms with Crippen LogP contribution in [0, 0.1) is 0 Å². The summed E-state index contributed by atoms with van der Waals surface area (Å²) in [6, 6.07) is 0. The summed E-state index contributed by atoms with van der Waals surface area (Å²) in [5.41, 5.74) is 0. The summed E-state index contributed by atoms with van der Waals surface area (Å²) in [7, 11) is 0. The van der Waals surface area contributed by atoms with Gasteiger partial charge in [0, 0.05) is 16.9 Å². The normalized spacial score (nSPS) is 36.0. The molecule has 2 aliphatic rings. The number of hydrogen-bond acceptors (Lipinski definition) is 4. The lowest BCUT2D eigenvalue weighted by Crippen LogP contribution is -2.39. The smallest absolute Gasteiger partial charge is 0.0841 e. The van der Waals surface area contributed by atoms with Gasteiger partial charge in [0.2, 0.25) is 0 Å². The minimum Gasteiger partial charge on any atom is -0.378 e. The molecule has 1 fully saturated rings. The molecule has 0 saturated carbocycles. The molecular formula is C8H14N2S2. The molecule has 0 aromatic rings. The maximum Gasteiger partial charge on any atom is 0.0841 e. The van der Waals surface area contributed by atoms with E-state index in [1.54, 1.807) is 0 Å². The topological polar surface area (TPSA) is 24.1 Å². The van der Waals surface area contributed by atoms with Crippen molar-refractivity contribution in [3.05, 3.63) is 12.3 Å². The molecule has 68 valence electrons. The Morgan fingerprint density at radius 1 is 1.33 bits per heavy atom. The molecule has 2 rings (SSSR count). The first-order valence-electron chi connectivity index (χ1n) is 4.32. The van der Waals surface area contributed by atoms with Crippen molar-refractivity contribution in [1.82, 2.24) is 10.6 Å². The molecule has 2 unspecified atom stereocenters. The monoisotopic (exact) mass is 202 g/mol. The zero-order valence-corrected chi connectivity index (χ0v) is 8.59. The van der Waals surface area contributed by atoms with E-state index in [9.17, 15) is 0 Å². The van der Waals surface area contributed by atoms with E-state index in [-0.39, 0.29) is 0 Å². The molecule has 0 radical (unpaired) electrons. The van der Waals surface area contributed by atoms with Crippen molar-refractivity contribution in [3.8, 4) is 0 Å². The fourth-order valence-corrected chi connectivity index (χ4v) is 3.86. The highest BCUT2D eigenvalue weighted by Gasteiger charge is 2.24. The molecule has 2 nitrogen and oxygen atoms in total. The van der Waals surface area contributed by atoms with Gasteiger partial charge in [-0.25, -0.2) is 0 Å². The third kappa shape index (κ3) is 2.12. The second-order valence-electron chi connectivity index (χ2n) is 2.96. The van der Waals surface area contributed by atoms with E-state index >= 15 is 0 Å². The van der Waals surface area contributed by atoms with Gasteiger partial charge < -0.3 is 10.6 Å². The SMILES string of the molecule is C1=CNC(C2CCNCS2)SC1. The van der Waals surface area contributed by atoms with E-state index in [1.165, 1.54) is 18.7 Å². The summed E-state index contributed by atoms with van der Waals surface area (Å²) in [5, 5.41) is 8.22. The third-order valence-electron chi connectivity index (χ3n) is 2.09. The molecule has 0 bridgehead atoms. The quantitative estimate of drug-likeness (QED) is 0.667. The predicted molar refractivity (Wildman–Crippen MR) is 57.4 cm³/mol. The van der Waals surface area contributed by atoms with Crippen molar-refractivity contribution in [3.63, 3.8) is 0 Å². The Balaban J connectivity index is 1.85. The molecule has 0 aromatic heterocycles. The number of thioether (sulfide) groups is 2. The van der Waals surface area contributed by atoms with Gasteiger partial charge in [0.1, 0.15) is 0 Å². The van der Waals surface area contributed by atoms with Crippen LogP contribution in [0.1, 0.15) is 6.42 Å². The number of rotatable bonds is 1. The van der Waals surface area contributed by atoms with Crippen molar-refractivity contribution in [2.24, 2.45) is 0 Å². The second-order valence-corrected chi connectivity index (χ2v) is 5.36. The molecule has 0 spiro atoms. The molecule has 4 heteroatoms. The van der Waals surface area contributed by atoms with E-state index in [4.69, 9.17) is 0 Å². The van der Waals surface area contributed by atoms with E-state index in [2.05, 4.69) is 22.9 Å². The maximum absolute atomic E-state index is 3.42. The van der Waals surface area contributed by atoms with Gasteiger partial charge in [0.25, 0.3) is 0 Å². The average Bonchev–Trinajstić information content (AvgIpc) is 2.21. The van der Waals surface area contributed by atoms with Crippen LogP contribution in [0.15, 0.2) is 12.3 Å². The fourth-order valence-electron chi connectivity index (χ4n) is 1.44. The van der Waals surface area contributed by atoms with Gasteiger partial charge in [-0.2, -0.15) is 0 Å². The van der Waals surface area contributed by atoms with Crippen molar-refractivity contribution in [2.45, 2.75) is 17.0 Å². The Bertz CT molecular complexity index is 166. The molecule has 2 aliphatic heterocycles. The highest BCUT2D eigenvalue weighted by Crippen LogP contribution is 2.28. The first kappa shape index (κ1) is 8.78. The van der Waals surface area contributed by atoms with Crippen LogP contribution in [0.4, 0.5) is 0 Å². The zero-order valence-electron chi connectivity index (χ0n) is 6.95. The van der Waals surface area contributed by atoms with E-state index in [0.29, 0.717) is 5.37 Å². The highest BCUT2D eigenvalue weighted by molar-refractivity contribution is 8.03. The molecule has 0 amide bonds. The average molecular weight is 202 g/mol. The summed E-state index contributed by atoms with van der Waals surface area (Å²) in [6.45, 7) is 1.18. The number of hydrogen-bond donors (Lipinski definition) is 2. The van der Waals surface area contributed by atoms with Crippen molar-refractivity contribution < 1.29 is 0 Å². The van der Waals surface area contributed by atoms with Crippen molar-refractivity contribution >= 4 is 23.5 Å². The second kappa shape index (κ2) is 4.44. The molecule has 2 heterocycles. The van der Waals surface area contributed by atoms with Gasteiger partial charge in [-0.15, -0.1) is 23.5 Å². The lowest BCUT2D eigenvalue weighted by Gasteiger charge is -2.31. The van der Waals surface area contributed by atoms with E-state index < -0.39 is 0 Å². The molecule has 2 atom stereocenters.